The number of hydrogen-bond donors (Lipinski definition) is 3. The molecule has 3 atom stereocenters. The molecule has 3 unspecified atom stereocenters. The predicted molar refractivity (Wildman–Crippen MR) is 61.3 cm³/mol. The van der Waals surface area contributed by atoms with Crippen molar-refractivity contribution in [1.29, 1.82) is 0 Å². The quantitative estimate of drug-likeness (QED) is 0.545. The van der Waals surface area contributed by atoms with Crippen molar-refractivity contribution in [2.24, 2.45) is 11.7 Å². The highest BCUT2D eigenvalue weighted by atomic mass is 16.5. The molecule has 0 radical (unpaired) electrons. The highest BCUT2D eigenvalue weighted by Crippen LogP contribution is 2.18. The molecule has 4 N–H and O–H groups in total. The van der Waals surface area contributed by atoms with Crippen molar-refractivity contribution in [3.8, 4) is 0 Å². The predicted octanol–water partition coefficient (Wildman–Crippen LogP) is -0.504. The number of amides is 1. The molecule has 1 amide bonds. The number of ether oxygens (including phenoxy) is 1. The third-order valence-corrected chi connectivity index (χ3v) is 2.76. The number of carbonyl (C=O) groups is 2. The van der Waals surface area contributed by atoms with Crippen LogP contribution < -0.4 is 11.1 Å². The summed E-state index contributed by atoms with van der Waals surface area (Å²) in [4.78, 5) is 22.3. The molecule has 0 fully saturated rings. The maximum Gasteiger partial charge on any atom is 0.310 e. The Morgan fingerprint density at radius 1 is 1.59 bits per heavy atom. The monoisotopic (exact) mass is 242 g/mol. The van der Waals surface area contributed by atoms with Gasteiger partial charge in [0.1, 0.15) is 0 Å². The number of nitrogens with one attached hydrogen (secondary N) is 1. The Morgan fingerprint density at radius 3 is 2.76 bits per heavy atom. The van der Waals surface area contributed by atoms with Gasteiger partial charge in [0.05, 0.1) is 18.4 Å². The second-order valence-electron chi connectivity index (χ2n) is 4.04. The van der Waals surface area contributed by atoms with Crippen molar-refractivity contribution < 1.29 is 19.4 Å². The summed E-state index contributed by atoms with van der Waals surface area (Å²) >= 11 is 0. The molecular weight excluding hydrogens is 224 g/mol. The largest absolute Gasteiger partial charge is 0.481 e. The van der Waals surface area contributed by atoms with E-state index in [0.717, 1.165) is 0 Å². The lowest BCUT2D eigenvalue weighted by molar-refractivity contribution is -0.140. The fraction of sp³-hybridized carbons (Fsp3) is 0.636. The van der Waals surface area contributed by atoms with Gasteiger partial charge in [0, 0.05) is 19.7 Å². The van der Waals surface area contributed by atoms with Crippen molar-refractivity contribution in [1.82, 2.24) is 5.32 Å². The fourth-order valence-electron chi connectivity index (χ4n) is 1.72. The van der Waals surface area contributed by atoms with E-state index in [0.29, 0.717) is 6.42 Å². The minimum Gasteiger partial charge on any atom is -0.481 e. The molecule has 96 valence electrons. The standard InChI is InChI=1S/C11H18N2O4/c1-17-9(6-12)5-10(14)13-8-3-2-7(4-8)11(15)16/h2-3,7-9H,4-6,12H2,1H3,(H,13,14)(H,15,16). The van der Waals surface area contributed by atoms with Crippen LogP contribution in [0, 0.1) is 5.92 Å². The Hall–Kier alpha value is -1.40. The third-order valence-electron chi connectivity index (χ3n) is 2.76. The highest BCUT2D eigenvalue weighted by Gasteiger charge is 2.25. The molecule has 0 saturated carbocycles. The topological polar surface area (TPSA) is 102 Å². The van der Waals surface area contributed by atoms with Crippen LogP contribution in [0.5, 0.6) is 0 Å². The summed E-state index contributed by atoms with van der Waals surface area (Å²) in [6.07, 6.45) is 3.61. The number of aliphatic carboxylic acids is 1. The van der Waals surface area contributed by atoms with Gasteiger partial charge >= 0.3 is 5.97 Å². The molecule has 6 nitrogen and oxygen atoms in total. The molecule has 1 rings (SSSR count). The van der Waals surface area contributed by atoms with Gasteiger partial charge in [0.25, 0.3) is 0 Å². The van der Waals surface area contributed by atoms with Gasteiger partial charge in [-0.05, 0) is 6.42 Å². The molecule has 6 heteroatoms. The van der Waals surface area contributed by atoms with Gasteiger partial charge in [-0.15, -0.1) is 0 Å². The first-order valence-electron chi connectivity index (χ1n) is 5.50. The van der Waals surface area contributed by atoms with Crippen molar-refractivity contribution >= 4 is 11.9 Å². The molecule has 17 heavy (non-hydrogen) atoms. The average Bonchev–Trinajstić information content (AvgIpc) is 2.74. The highest BCUT2D eigenvalue weighted by molar-refractivity contribution is 5.78. The summed E-state index contributed by atoms with van der Waals surface area (Å²) in [7, 11) is 1.50. The zero-order valence-electron chi connectivity index (χ0n) is 9.76. The smallest absolute Gasteiger partial charge is 0.310 e. The van der Waals surface area contributed by atoms with Crippen LogP contribution in [0.25, 0.3) is 0 Å². The minimum atomic E-state index is -0.866. The normalized spacial score (nSPS) is 24.6. The molecule has 0 saturated heterocycles. The molecule has 0 spiro atoms. The van der Waals surface area contributed by atoms with E-state index in [2.05, 4.69) is 5.32 Å². The Morgan fingerprint density at radius 2 is 2.29 bits per heavy atom. The van der Waals surface area contributed by atoms with Gasteiger partial charge in [-0.1, -0.05) is 12.2 Å². The molecule has 0 heterocycles. The van der Waals surface area contributed by atoms with Crippen molar-refractivity contribution in [2.75, 3.05) is 13.7 Å². The van der Waals surface area contributed by atoms with E-state index in [-0.39, 0.29) is 31.0 Å². The van der Waals surface area contributed by atoms with Crippen molar-refractivity contribution in [3.05, 3.63) is 12.2 Å². The fourth-order valence-corrected chi connectivity index (χ4v) is 1.72. The first-order chi connectivity index (χ1) is 8.06. The maximum atomic E-state index is 11.6. The molecule has 1 aliphatic carbocycles. The molecular formula is C11H18N2O4. The van der Waals surface area contributed by atoms with Crippen LogP contribution in [0.4, 0.5) is 0 Å². The van der Waals surface area contributed by atoms with Crippen LogP contribution in [-0.2, 0) is 14.3 Å². The SMILES string of the molecule is COC(CN)CC(=O)NC1C=CC(C(=O)O)C1. The first-order valence-corrected chi connectivity index (χ1v) is 5.50. The minimum absolute atomic E-state index is 0.178. The van der Waals surface area contributed by atoms with Crippen LogP contribution in [0.1, 0.15) is 12.8 Å². The van der Waals surface area contributed by atoms with E-state index < -0.39 is 11.9 Å². The number of nitrogens with two attached hydrogens (primary N) is 1. The summed E-state index contributed by atoms with van der Waals surface area (Å²) in [5, 5.41) is 11.5. The van der Waals surface area contributed by atoms with Crippen LogP contribution >= 0.6 is 0 Å². The Bertz CT molecular complexity index is 313. The third kappa shape index (κ3) is 4.16. The van der Waals surface area contributed by atoms with Gasteiger partial charge in [-0.25, -0.2) is 0 Å². The molecule has 0 aromatic rings. The van der Waals surface area contributed by atoms with Crippen LogP contribution in [0.15, 0.2) is 12.2 Å². The van der Waals surface area contributed by atoms with E-state index in [4.69, 9.17) is 15.6 Å². The van der Waals surface area contributed by atoms with E-state index >= 15 is 0 Å². The Balaban J connectivity index is 2.34. The number of carboxylic acid groups (broad SMARTS) is 1. The van der Waals surface area contributed by atoms with E-state index in [1.54, 1.807) is 12.2 Å². The Labute approximate surface area is 99.8 Å². The number of carboxylic acids is 1. The molecule has 0 bridgehead atoms. The summed E-state index contributed by atoms with van der Waals surface area (Å²) in [5.74, 6) is -1.55. The summed E-state index contributed by atoms with van der Waals surface area (Å²) in [6.45, 7) is 0.280. The zero-order chi connectivity index (χ0) is 12.8. The van der Waals surface area contributed by atoms with Gasteiger partial charge in [0.15, 0.2) is 0 Å². The summed E-state index contributed by atoms with van der Waals surface area (Å²) in [5.41, 5.74) is 5.40. The van der Waals surface area contributed by atoms with Gasteiger partial charge in [-0.2, -0.15) is 0 Å². The summed E-state index contributed by atoms with van der Waals surface area (Å²) < 4.78 is 5.00. The van der Waals surface area contributed by atoms with Gasteiger partial charge in [-0.3, -0.25) is 9.59 Å². The zero-order valence-corrected chi connectivity index (χ0v) is 9.76. The number of methoxy groups -OCH3 is 1. The lowest BCUT2D eigenvalue weighted by Gasteiger charge is -2.15. The summed E-state index contributed by atoms with van der Waals surface area (Å²) in [6, 6.07) is -0.209. The van der Waals surface area contributed by atoms with Crippen LogP contribution in [-0.4, -0.2) is 42.8 Å². The molecule has 0 aromatic carbocycles. The second kappa shape index (κ2) is 6.36. The van der Waals surface area contributed by atoms with E-state index in [1.165, 1.54) is 7.11 Å². The average molecular weight is 242 g/mol. The van der Waals surface area contributed by atoms with Crippen molar-refractivity contribution in [2.45, 2.75) is 25.0 Å². The van der Waals surface area contributed by atoms with Gasteiger partial charge in [0.2, 0.25) is 5.91 Å². The molecule has 1 aliphatic rings. The van der Waals surface area contributed by atoms with Crippen molar-refractivity contribution in [3.63, 3.8) is 0 Å². The Kier molecular flexibility index (Phi) is 5.11. The second-order valence-corrected chi connectivity index (χ2v) is 4.04. The number of rotatable bonds is 6. The number of carbonyl (C=O) groups excluding carboxylic acids is 1. The van der Waals surface area contributed by atoms with Gasteiger partial charge < -0.3 is 20.9 Å². The lowest BCUT2D eigenvalue weighted by Crippen LogP contribution is -2.37. The lowest BCUT2D eigenvalue weighted by atomic mass is 10.1. The molecule has 0 aromatic heterocycles. The van der Waals surface area contributed by atoms with E-state index in [9.17, 15) is 9.59 Å². The number of hydrogen-bond acceptors (Lipinski definition) is 4. The van der Waals surface area contributed by atoms with E-state index in [1.807, 2.05) is 0 Å². The first kappa shape index (κ1) is 13.7. The molecule has 0 aliphatic heterocycles. The maximum absolute atomic E-state index is 11.6. The van der Waals surface area contributed by atoms with Crippen LogP contribution in [0.2, 0.25) is 0 Å². The van der Waals surface area contributed by atoms with Crippen LogP contribution in [0.3, 0.4) is 0 Å².